The molecule has 1 atom stereocenters. The number of nitrogens with one attached hydrogen (secondary N) is 2. The summed E-state index contributed by atoms with van der Waals surface area (Å²) in [5, 5.41) is 3.81. The van der Waals surface area contributed by atoms with E-state index in [9.17, 15) is 18.0 Å². The number of amides is 1. The smallest absolute Gasteiger partial charge is 0.285 e. The van der Waals surface area contributed by atoms with E-state index in [2.05, 4.69) is 15.2 Å². The van der Waals surface area contributed by atoms with Crippen molar-refractivity contribution >= 4 is 50.1 Å². The van der Waals surface area contributed by atoms with Gasteiger partial charge in [0, 0.05) is 32.3 Å². The molecule has 2 aliphatic heterocycles. The average molecular weight is 617 g/mol. The van der Waals surface area contributed by atoms with Gasteiger partial charge in [0.1, 0.15) is 5.15 Å². The molecule has 0 bridgehead atoms. The zero-order valence-electron chi connectivity index (χ0n) is 24.4. The number of benzene rings is 1. The van der Waals surface area contributed by atoms with Gasteiger partial charge >= 0.3 is 0 Å². The molecule has 1 amide bonds. The van der Waals surface area contributed by atoms with Crippen molar-refractivity contribution in [3.8, 4) is 0 Å². The molecule has 1 spiro atoms. The van der Waals surface area contributed by atoms with Gasteiger partial charge in [-0.05, 0) is 68.7 Å². The molecular formula is C29H37ClN6O5S. The zero-order chi connectivity index (χ0) is 30.2. The third-order valence-corrected chi connectivity index (χ3v) is 9.05. The highest BCUT2D eigenvalue weighted by molar-refractivity contribution is 7.89. The number of pyridine rings is 1. The quantitative estimate of drug-likeness (QED) is 0.395. The van der Waals surface area contributed by atoms with Crippen molar-refractivity contribution in [3.63, 3.8) is 0 Å². The van der Waals surface area contributed by atoms with Crippen LogP contribution in [0.15, 0.2) is 29.1 Å². The fourth-order valence-electron chi connectivity index (χ4n) is 6.05. The van der Waals surface area contributed by atoms with Crippen LogP contribution in [0.1, 0.15) is 66.7 Å². The predicted octanol–water partition coefficient (Wildman–Crippen LogP) is 3.94. The second-order valence-corrected chi connectivity index (χ2v) is 13.8. The maximum atomic E-state index is 13.7. The summed E-state index contributed by atoms with van der Waals surface area (Å²) in [4.78, 5) is 37.7. The van der Waals surface area contributed by atoms with Crippen molar-refractivity contribution < 1.29 is 17.9 Å². The second kappa shape index (κ2) is 11.8. The molecule has 0 radical (unpaired) electrons. The highest BCUT2D eigenvalue weighted by Gasteiger charge is 2.36. The van der Waals surface area contributed by atoms with E-state index in [0.717, 1.165) is 62.9 Å². The Kier molecular flexibility index (Phi) is 8.51. The van der Waals surface area contributed by atoms with E-state index >= 15 is 0 Å². The number of piperidine rings is 1. The number of sulfonamides is 1. The average Bonchev–Trinajstić information content (AvgIpc) is 3.16. The van der Waals surface area contributed by atoms with Gasteiger partial charge in [0.05, 0.1) is 35.5 Å². The molecule has 2 aromatic heterocycles. The molecule has 2 aliphatic rings. The summed E-state index contributed by atoms with van der Waals surface area (Å²) >= 11 is 6.04. The maximum Gasteiger partial charge on any atom is 0.285 e. The fraction of sp³-hybridized carbons (Fsp3) is 0.517. The Morgan fingerprint density at radius 1 is 1.14 bits per heavy atom. The standard InChI is InChI=1S/C29H37ClN6O5S/c1-18-15-20(19(2)31-22-7-8-23(30)32-25(22)26(37)34-42(4,39)40)24-21(16-18)27(38)35(3)28(33-24)36-12-10-29(11-13-36)9-5-6-14-41-17-29/h7-8,15-16,19,31H,5-6,9-14,17H2,1-4H3,(H,34,37)/t19-/m1/s1. The summed E-state index contributed by atoms with van der Waals surface area (Å²) in [5.74, 6) is -0.282. The minimum atomic E-state index is -3.82. The lowest BCUT2D eigenvalue weighted by molar-refractivity contribution is 0.0435. The van der Waals surface area contributed by atoms with Crippen molar-refractivity contribution in [2.75, 3.05) is 42.8 Å². The molecule has 11 nitrogen and oxygen atoms in total. The number of halogens is 1. The van der Waals surface area contributed by atoms with Gasteiger partial charge in [-0.1, -0.05) is 24.1 Å². The Morgan fingerprint density at radius 2 is 1.88 bits per heavy atom. The summed E-state index contributed by atoms with van der Waals surface area (Å²) in [5.41, 5.74) is 2.41. The lowest BCUT2D eigenvalue weighted by Gasteiger charge is -2.41. The van der Waals surface area contributed by atoms with Gasteiger partial charge in [-0.2, -0.15) is 0 Å². The van der Waals surface area contributed by atoms with Crippen LogP contribution in [0, 0.1) is 12.3 Å². The second-order valence-electron chi connectivity index (χ2n) is 11.6. The maximum absolute atomic E-state index is 13.7. The van der Waals surface area contributed by atoms with Gasteiger partial charge < -0.3 is 15.0 Å². The first-order valence-corrected chi connectivity index (χ1v) is 16.4. The van der Waals surface area contributed by atoms with Crippen molar-refractivity contribution in [2.45, 2.75) is 52.0 Å². The molecular weight excluding hydrogens is 580 g/mol. The molecule has 0 unspecified atom stereocenters. The molecule has 226 valence electrons. The van der Waals surface area contributed by atoms with Gasteiger partial charge in [-0.15, -0.1) is 0 Å². The van der Waals surface area contributed by atoms with E-state index in [1.807, 2.05) is 30.7 Å². The number of nitrogens with zero attached hydrogens (tertiary/aromatic N) is 4. The first kappa shape index (κ1) is 30.2. The molecule has 1 aromatic carbocycles. The van der Waals surface area contributed by atoms with Gasteiger partial charge in [-0.25, -0.2) is 23.1 Å². The highest BCUT2D eigenvalue weighted by Crippen LogP contribution is 2.39. The molecule has 2 N–H and O–H groups in total. The third-order valence-electron chi connectivity index (χ3n) is 8.28. The van der Waals surface area contributed by atoms with Crippen LogP contribution in [-0.2, 0) is 21.8 Å². The predicted molar refractivity (Wildman–Crippen MR) is 164 cm³/mol. The van der Waals surface area contributed by atoms with Crippen LogP contribution >= 0.6 is 11.6 Å². The van der Waals surface area contributed by atoms with Crippen molar-refractivity contribution in [1.82, 2.24) is 19.3 Å². The summed E-state index contributed by atoms with van der Waals surface area (Å²) in [7, 11) is -2.06. The van der Waals surface area contributed by atoms with E-state index in [1.165, 1.54) is 18.9 Å². The normalized spacial score (nSPS) is 18.1. The fourth-order valence-corrected chi connectivity index (χ4v) is 6.63. The molecule has 13 heteroatoms. The van der Waals surface area contributed by atoms with Crippen LogP contribution < -0.4 is 20.5 Å². The Hall–Kier alpha value is -3.22. The van der Waals surface area contributed by atoms with E-state index in [4.69, 9.17) is 21.3 Å². The first-order valence-electron chi connectivity index (χ1n) is 14.1. The third kappa shape index (κ3) is 6.40. The topological polar surface area (TPSA) is 136 Å². The van der Waals surface area contributed by atoms with Crippen LogP contribution in [0.5, 0.6) is 0 Å². The molecule has 0 aliphatic carbocycles. The van der Waals surface area contributed by atoms with E-state index in [0.29, 0.717) is 22.5 Å². The van der Waals surface area contributed by atoms with Crippen LogP contribution in [-0.4, -0.2) is 61.4 Å². The number of carbonyl (C=O) groups is 1. The molecule has 2 fully saturated rings. The number of ether oxygens (including phenoxy) is 1. The number of rotatable bonds is 6. The lowest BCUT2D eigenvalue weighted by Crippen LogP contribution is -2.44. The molecule has 5 rings (SSSR count). The van der Waals surface area contributed by atoms with E-state index in [1.54, 1.807) is 17.7 Å². The number of hydrogen-bond acceptors (Lipinski definition) is 9. The minimum absolute atomic E-state index is 0.0430. The zero-order valence-corrected chi connectivity index (χ0v) is 25.9. The Labute approximate surface area is 250 Å². The van der Waals surface area contributed by atoms with Gasteiger partial charge in [0.15, 0.2) is 5.69 Å². The summed E-state index contributed by atoms with van der Waals surface area (Å²) < 4.78 is 32.9. The van der Waals surface area contributed by atoms with Gasteiger partial charge in [0.2, 0.25) is 16.0 Å². The number of anilines is 2. The molecule has 42 heavy (non-hydrogen) atoms. The lowest BCUT2D eigenvalue weighted by atomic mass is 9.75. The van der Waals surface area contributed by atoms with Crippen molar-refractivity contribution in [3.05, 3.63) is 56.6 Å². The summed E-state index contributed by atoms with van der Waals surface area (Å²) in [6.07, 6.45) is 6.32. The molecule has 4 heterocycles. The van der Waals surface area contributed by atoms with Gasteiger partial charge in [-0.3, -0.25) is 14.2 Å². The largest absolute Gasteiger partial charge is 0.381 e. The van der Waals surface area contributed by atoms with Crippen LogP contribution in [0.4, 0.5) is 11.6 Å². The highest BCUT2D eigenvalue weighted by atomic mass is 35.5. The number of carbonyl (C=O) groups excluding carboxylic acids is 1. The van der Waals surface area contributed by atoms with Crippen LogP contribution in [0.25, 0.3) is 10.9 Å². The Morgan fingerprint density at radius 3 is 2.60 bits per heavy atom. The molecule has 2 saturated heterocycles. The van der Waals surface area contributed by atoms with E-state index in [-0.39, 0.29) is 21.8 Å². The summed E-state index contributed by atoms with van der Waals surface area (Å²) in [6.45, 7) is 7.00. The Balaban J connectivity index is 1.49. The first-order chi connectivity index (χ1) is 19.9. The number of aryl methyl sites for hydroxylation is 1. The van der Waals surface area contributed by atoms with Gasteiger partial charge in [0.25, 0.3) is 11.5 Å². The minimum Gasteiger partial charge on any atom is -0.381 e. The number of hydrogen-bond donors (Lipinski definition) is 2. The molecule has 3 aromatic rings. The molecule has 0 saturated carbocycles. The SMILES string of the molecule is Cc1cc([C@@H](C)Nc2ccc(Cl)nc2C(=O)NS(C)(=O)=O)c2nc(N3CCC4(CCCCOC4)CC3)n(C)c(=O)c2c1. The van der Waals surface area contributed by atoms with E-state index < -0.39 is 22.0 Å². The number of fused-ring (bicyclic) bond motifs is 1. The Bertz CT molecular complexity index is 1670. The number of aromatic nitrogens is 3. The van der Waals surface area contributed by atoms with Crippen LogP contribution in [0.2, 0.25) is 5.15 Å². The van der Waals surface area contributed by atoms with Crippen molar-refractivity contribution in [2.24, 2.45) is 12.5 Å². The monoisotopic (exact) mass is 616 g/mol. The van der Waals surface area contributed by atoms with Crippen LogP contribution in [0.3, 0.4) is 0 Å². The summed E-state index contributed by atoms with van der Waals surface area (Å²) in [6, 6.07) is 6.45. The van der Waals surface area contributed by atoms with Crippen molar-refractivity contribution in [1.29, 1.82) is 0 Å².